The zero-order valence-electron chi connectivity index (χ0n) is 17.7. The Morgan fingerprint density at radius 2 is 2.20 bits per heavy atom. The number of fused-ring (bicyclic) bond motifs is 3. The molecule has 3 aliphatic heterocycles. The fraction of sp³-hybridized carbons (Fsp3) is 0.727. The molecule has 0 radical (unpaired) electrons. The highest BCUT2D eigenvalue weighted by Gasteiger charge is 2.61. The molecule has 4 rings (SSSR count). The first-order valence-corrected chi connectivity index (χ1v) is 10.9. The Kier molecular flexibility index (Phi) is 6.46. The second-order valence-electron chi connectivity index (χ2n) is 8.75. The van der Waals surface area contributed by atoms with Crippen molar-refractivity contribution in [2.24, 2.45) is 5.92 Å². The van der Waals surface area contributed by atoms with E-state index in [1.165, 1.54) is 0 Å². The Hall–Kier alpha value is -1.90. The molecule has 4 aliphatic rings. The zero-order valence-corrected chi connectivity index (χ0v) is 17.7. The van der Waals surface area contributed by atoms with Gasteiger partial charge in [0.1, 0.15) is 18.8 Å². The van der Waals surface area contributed by atoms with Crippen molar-refractivity contribution >= 4 is 12.1 Å². The third-order valence-electron chi connectivity index (χ3n) is 6.63. The van der Waals surface area contributed by atoms with Gasteiger partial charge in [-0.05, 0) is 38.2 Å². The predicted molar refractivity (Wildman–Crippen MR) is 109 cm³/mol. The minimum Gasteiger partial charge on any atom is -0.455 e. The summed E-state index contributed by atoms with van der Waals surface area (Å²) in [6.07, 6.45) is 4.61. The molecule has 8 nitrogen and oxygen atoms in total. The van der Waals surface area contributed by atoms with Crippen LogP contribution in [0, 0.1) is 5.92 Å². The summed E-state index contributed by atoms with van der Waals surface area (Å²) in [5, 5.41) is 2.82. The molecule has 3 saturated heterocycles. The van der Waals surface area contributed by atoms with Crippen LogP contribution >= 0.6 is 0 Å². The maximum Gasteiger partial charge on any atom is 0.407 e. The number of carbonyl (C=O) groups excluding carboxylic acids is 2. The molecule has 0 bridgehead atoms. The normalized spacial score (nSPS) is 36.0. The van der Waals surface area contributed by atoms with Gasteiger partial charge < -0.3 is 24.3 Å². The van der Waals surface area contributed by atoms with Crippen LogP contribution < -0.4 is 5.32 Å². The molecule has 0 unspecified atom stereocenters. The third-order valence-corrected chi connectivity index (χ3v) is 6.63. The van der Waals surface area contributed by atoms with Crippen LogP contribution in [0.5, 0.6) is 0 Å². The Morgan fingerprint density at radius 1 is 1.40 bits per heavy atom. The van der Waals surface area contributed by atoms with Gasteiger partial charge in [0.05, 0.1) is 18.8 Å². The summed E-state index contributed by atoms with van der Waals surface area (Å²) >= 11 is 0. The lowest BCUT2D eigenvalue weighted by Gasteiger charge is -2.26. The first-order valence-electron chi connectivity index (χ1n) is 10.9. The lowest BCUT2D eigenvalue weighted by molar-refractivity contribution is -0.140. The lowest BCUT2D eigenvalue weighted by atomic mass is 9.84. The summed E-state index contributed by atoms with van der Waals surface area (Å²) in [5.41, 5.74) is 1.33. The molecule has 0 spiro atoms. The third kappa shape index (κ3) is 4.87. The minimum atomic E-state index is -0.402. The number of allylic oxidation sites excluding steroid dienone is 1. The second-order valence-corrected chi connectivity index (χ2v) is 8.75. The summed E-state index contributed by atoms with van der Waals surface area (Å²) in [7, 11) is 0. The van der Waals surface area contributed by atoms with Gasteiger partial charge in [-0.1, -0.05) is 12.7 Å². The molecule has 0 aromatic carbocycles. The van der Waals surface area contributed by atoms with Gasteiger partial charge in [-0.2, -0.15) is 0 Å². The number of hydrogen-bond acceptors (Lipinski definition) is 7. The monoisotopic (exact) mass is 420 g/mol. The lowest BCUT2D eigenvalue weighted by Crippen LogP contribution is -2.41. The second kappa shape index (κ2) is 9.08. The number of esters is 1. The van der Waals surface area contributed by atoms with E-state index in [4.69, 9.17) is 18.9 Å². The Balaban J connectivity index is 1.26. The van der Waals surface area contributed by atoms with Crippen molar-refractivity contribution in [3.63, 3.8) is 0 Å². The van der Waals surface area contributed by atoms with E-state index in [1.807, 2.05) is 0 Å². The Bertz CT molecular complexity index is 716. The summed E-state index contributed by atoms with van der Waals surface area (Å²) in [6.45, 7) is 10.9. The number of nitrogens with one attached hydrogen (secondary N) is 1. The van der Waals surface area contributed by atoms with Crippen LogP contribution in [0.2, 0.25) is 0 Å². The fourth-order valence-electron chi connectivity index (χ4n) is 4.60. The molecule has 1 amide bonds. The number of ether oxygens (including phenoxy) is 4. The van der Waals surface area contributed by atoms with Gasteiger partial charge in [0.2, 0.25) is 0 Å². The molecule has 166 valence electrons. The van der Waals surface area contributed by atoms with Crippen LogP contribution in [-0.2, 0) is 23.7 Å². The number of morpholine rings is 1. The predicted octanol–water partition coefficient (Wildman–Crippen LogP) is 1.80. The topological polar surface area (TPSA) is 89.6 Å². The molecule has 30 heavy (non-hydrogen) atoms. The molecule has 3 fully saturated rings. The van der Waals surface area contributed by atoms with E-state index in [-0.39, 0.29) is 36.3 Å². The molecule has 1 aliphatic carbocycles. The van der Waals surface area contributed by atoms with E-state index >= 15 is 0 Å². The first-order chi connectivity index (χ1) is 14.5. The van der Waals surface area contributed by atoms with E-state index < -0.39 is 6.09 Å². The standard InChI is InChI=1S/C22H32N2O6/c1-15-17-6-5-16(4-3-7-22(2)19(30-22)18(17)29-20(15)25)14-28-21(26)23-8-9-24-10-12-27-13-11-24/h4,17-19H,1,3,5-14H2,2H3,(H,23,26)/b16-4+/t17-,18-,19-,22+/m0/s1. The van der Waals surface area contributed by atoms with Crippen molar-refractivity contribution in [2.75, 3.05) is 46.0 Å². The van der Waals surface area contributed by atoms with E-state index in [0.717, 1.165) is 64.1 Å². The van der Waals surface area contributed by atoms with Crippen molar-refractivity contribution in [1.82, 2.24) is 10.2 Å². The quantitative estimate of drug-likeness (QED) is 0.314. The van der Waals surface area contributed by atoms with Crippen molar-refractivity contribution in [3.8, 4) is 0 Å². The molecular weight excluding hydrogens is 388 g/mol. The average Bonchev–Trinajstić information content (AvgIpc) is 3.33. The molecule has 0 aromatic heterocycles. The molecule has 8 heteroatoms. The van der Waals surface area contributed by atoms with Gasteiger partial charge in [-0.25, -0.2) is 9.59 Å². The Labute approximate surface area is 177 Å². The van der Waals surface area contributed by atoms with Gasteiger partial charge in [-0.15, -0.1) is 0 Å². The SMILES string of the molecule is C=C1C(=O)O[C@H]2[C@H]1CC/C(COC(=O)NCCN1CCOCC1)=C\CC[C@@]1(C)O[C@@H]21. The van der Waals surface area contributed by atoms with E-state index in [0.29, 0.717) is 12.1 Å². The number of rotatable bonds is 5. The molecule has 0 saturated carbocycles. The summed E-state index contributed by atoms with van der Waals surface area (Å²) in [4.78, 5) is 26.4. The fourth-order valence-corrected chi connectivity index (χ4v) is 4.60. The van der Waals surface area contributed by atoms with Gasteiger partial charge in [0, 0.05) is 37.7 Å². The number of alkyl carbamates (subject to hydrolysis) is 1. The van der Waals surface area contributed by atoms with Crippen molar-refractivity contribution in [1.29, 1.82) is 0 Å². The van der Waals surface area contributed by atoms with Crippen molar-refractivity contribution in [3.05, 3.63) is 23.8 Å². The summed E-state index contributed by atoms with van der Waals surface area (Å²) in [6, 6.07) is 0. The molecule has 4 atom stereocenters. The molecule has 1 N–H and O–H groups in total. The Morgan fingerprint density at radius 3 is 3.00 bits per heavy atom. The number of amides is 1. The number of epoxide rings is 1. The van der Waals surface area contributed by atoms with Crippen LogP contribution in [-0.4, -0.2) is 80.8 Å². The maximum absolute atomic E-state index is 12.1. The summed E-state index contributed by atoms with van der Waals surface area (Å²) in [5.74, 6) is -0.364. The van der Waals surface area contributed by atoms with Crippen LogP contribution in [0.4, 0.5) is 4.79 Å². The highest BCUT2D eigenvalue weighted by molar-refractivity contribution is 5.91. The number of hydrogen-bond donors (Lipinski definition) is 1. The van der Waals surface area contributed by atoms with Crippen molar-refractivity contribution in [2.45, 2.75) is 50.4 Å². The number of nitrogens with zero attached hydrogens (tertiary/aromatic N) is 1. The minimum absolute atomic E-state index is 0.0471. The summed E-state index contributed by atoms with van der Waals surface area (Å²) < 4.78 is 22.3. The van der Waals surface area contributed by atoms with E-state index in [2.05, 4.69) is 29.8 Å². The van der Waals surface area contributed by atoms with E-state index in [1.54, 1.807) is 0 Å². The smallest absolute Gasteiger partial charge is 0.407 e. The molecular formula is C22H32N2O6. The van der Waals surface area contributed by atoms with Crippen LogP contribution in [0.3, 0.4) is 0 Å². The zero-order chi connectivity index (χ0) is 21.1. The van der Waals surface area contributed by atoms with Crippen LogP contribution in [0.1, 0.15) is 32.6 Å². The van der Waals surface area contributed by atoms with Gasteiger partial charge in [0.15, 0.2) is 0 Å². The maximum atomic E-state index is 12.1. The largest absolute Gasteiger partial charge is 0.455 e. The highest BCUT2D eigenvalue weighted by atomic mass is 16.6. The van der Waals surface area contributed by atoms with Gasteiger partial charge in [0.25, 0.3) is 0 Å². The van der Waals surface area contributed by atoms with Gasteiger partial charge >= 0.3 is 12.1 Å². The molecule has 0 aromatic rings. The van der Waals surface area contributed by atoms with Crippen LogP contribution in [0.25, 0.3) is 0 Å². The average molecular weight is 421 g/mol. The number of carbonyl (C=O) groups is 2. The van der Waals surface area contributed by atoms with Gasteiger partial charge in [-0.3, -0.25) is 4.90 Å². The van der Waals surface area contributed by atoms with Crippen molar-refractivity contribution < 1.29 is 28.5 Å². The van der Waals surface area contributed by atoms with E-state index in [9.17, 15) is 9.59 Å². The highest BCUT2D eigenvalue weighted by Crippen LogP contribution is 2.49. The van der Waals surface area contributed by atoms with Crippen LogP contribution in [0.15, 0.2) is 23.8 Å². The first kappa shape index (κ1) is 21.3. The molecule has 3 heterocycles.